The lowest BCUT2D eigenvalue weighted by atomic mass is 9.93. The molecule has 0 radical (unpaired) electrons. The Bertz CT molecular complexity index is 2670. The number of ether oxygens (including phenoxy) is 18. The minimum absolute atomic E-state index is 0.167. The summed E-state index contributed by atoms with van der Waals surface area (Å²) in [5.74, 6) is 0. The Morgan fingerprint density at radius 3 is 0.713 bits per heavy atom. The van der Waals surface area contributed by atoms with Crippen molar-refractivity contribution in [3.8, 4) is 0 Å². The van der Waals surface area contributed by atoms with Crippen molar-refractivity contribution >= 4 is 6.09 Å². The van der Waals surface area contributed by atoms with Crippen LogP contribution in [0.4, 0.5) is 4.79 Å². The molecule has 9 fully saturated rings. The molecule has 49 heteroatoms. The molecule has 0 spiro atoms. The predicted octanol–water partition coefficient (Wildman–Crippen LogP) is -20.1. The number of nitrogens with two attached hydrogens (primary N) is 8. The van der Waals surface area contributed by atoms with E-state index in [4.69, 9.17) is 136 Å². The third kappa shape index (κ3) is 19.9. The summed E-state index contributed by atoms with van der Waals surface area (Å²) in [6.45, 7) is -4.80. The minimum Gasteiger partial charge on any atom is -0.453 e. The van der Waals surface area contributed by atoms with Gasteiger partial charge in [-0.25, -0.2) is 4.79 Å². The lowest BCUT2D eigenvalue weighted by Gasteiger charge is -2.51. The summed E-state index contributed by atoms with van der Waals surface area (Å²) in [5.41, 5.74) is 50.2. The fourth-order valence-corrected chi connectivity index (χ4v) is 13.7. The van der Waals surface area contributed by atoms with Crippen molar-refractivity contribution in [1.29, 1.82) is 0 Å². The van der Waals surface area contributed by atoms with E-state index in [0.717, 1.165) is 7.11 Å². The monoisotopic (exact) mass is 1590 g/mol. The molecule has 9 rings (SSSR count). The van der Waals surface area contributed by atoms with Crippen LogP contribution in [-0.2, 0) is 85.3 Å². The second-order valence-electron chi connectivity index (χ2n) is 27.6. The Balaban J connectivity index is 0.00000358. The van der Waals surface area contributed by atoms with E-state index in [1.807, 2.05) is 0 Å². The van der Waals surface area contributed by atoms with Gasteiger partial charge in [0.15, 0.2) is 56.6 Å². The first-order chi connectivity index (χ1) is 51.1. The molecule has 9 heterocycles. The quantitative estimate of drug-likeness (QED) is 0.0382. The molecule has 9 saturated heterocycles. The third-order valence-corrected chi connectivity index (χ3v) is 19.9. The smallest absolute Gasteiger partial charge is 0.407 e. The van der Waals surface area contributed by atoms with Crippen molar-refractivity contribution in [3.05, 3.63) is 0 Å². The summed E-state index contributed by atoms with van der Waals surface area (Å²) < 4.78 is 104. The number of aliphatic hydroxyl groups excluding tert-OH is 21. The Labute approximate surface area is 615 Å². The lowest BCUT2D eigenvalue weighted by Crippen LogP contribution is -2.71. The van der Waals surface area contributed by atoms with Crippen LogP contribution >= 0.6 is 0 Å². The molecular formula is C59H111N9O40. The van der Waals surface area contributed by atoms with E-state index >= 15 is 0 Å². The second-order valence-corrected chi connectivity index (χ2v) is 27.6. The van der Waals surface area contributed by atoms with E-state index in [0.29, 0.717) is 0 Å². The maximum atomic E-state index is 12.8. The predicted molar refractivity (Wildman–Crippen MR) is 343 cm³/mol. The normalized spacial score (nSPS) is 50.4. The maximum Gasteiger partial charge on any atom is 0.407 e. The molecule has 0 aliphatic carbocycles. The summed E-state index contributed by atoms with van der Waals surface area (Å²) >= 11 is 0. The Morgan fingerprint density at radius 1 is 0.296 bits per heavy atom. The first-order valence-electron chi connectivity index (χ1n) is 34.8. The van der Waals surface area contributed by atoms with Gasteiger partial charge in [0, 0.05) is 6.10 Å². The van der Waals surface area contributed by atoms with Gasteiger partial charge in [-0.2, -0.15) is 0 Å². The van der Waals surface area contributed by atoms with Gasteiger partial charge < -0.3 is 244 Å². The molecule has 38 N–H and O–H groups in total. The number of methoxy groups -OCH3 is 1. The fourth-order valence-electron chi connectivity index (χ4n) is 13.7. The summed E-state index contributed by atoms with van der Waals surface area (Å²) in [6, 6.07) is -14.6. The van der Waals surface area contributed by atoms with E-state index in [-0.39, 0.29) is 6.10 Å². The van der Waals surface area contributed by atoms with Gasteiger partial charge in [-0.1, -0.05) is 0 Å². The number of alkyl carbamates (subject to hydrolysis) is 1. The highest BCUT2D eigenvalue weighted by Gasteiger charge is 2.60. The van der Waals surface area contributed by atoms with Crippen LogP contribution in [0.5, 0.6) is 0 Å². The summed E-state index contributed by atoms with van der Waals surface area (Å²) in [4.78, 5) is 12.8. The van der Waals surface area contributed by atoms with Gasteiger partial charge in [-0.3, -0.25) is 0 Å². The number of carbonyl (C=O) groups excluding carboxylic acids is 1. The van der Waals surface area contributed by atoms with E-state index in [9.17, 15) is 107 Å². The zero-order valence-corrected chi connectivity index (χ0v) is 58.7. The highest BCUT2D eigenvalue weighted by Crippen LogP contribution is 2.39. The Morgan fingerprint density at radius 2 is 0.481 bits per heavy atom. The zero-order chi connectivity index (χ0) is 79.9. The lowest BCUT2D eigenvalue weighted by molar-refractivity contribution is -0.372. The third-order valence-electron chi connectivity index (χ3n) is 19.9. The van der Waals surface area contributed by atoms with Crippen molar-refractivity contribution < 1.29 is 197 Å². The van der Waals surface area contributed by atoms with Gasteiger partial charge in [0.25, 0.3) is 0 Å². The molecular weight excluding hydrogens is 1470 g/mol. The number of aliphatic hydroxyl groups is 21. The number of hydrogen-bond acceptors (Lipinski definition) is 48. The van der Waals surface area contributed by atoms with Gasteiger partial charge in [-0.05, 0) is 13.8 Å². The van der Waals surface area contributed by atoms with Crippen molar-refractivity contribution in [2.75, 3.05) is 66.6 Å². The number of rotatable bonds is 26. The van der Waals surface area contributed by atoms with Gasteiger partial charge >= 0.3 is 6.09 Å². The SMILES string of the molecule is CC(C)O.COC(=O)N[C@H]1[C@H](O[C@H]2[C@H](O)[C@@H](N)[C@H](O[C@H]3[C@H](O)[C@@H](N)[C@H](O)O[C@@H]3CO)O[C@@H]2CO)O[C@H](CO)[C@@H](O[C@@H]2O[C@H](CO)[C@@H](O[C@@H]3O[C@H](CO)[C@@H](O[C@@H]4O[C@H](CO)[C@@H](O[C@@H]5O[C@H](CO)[C@@H](O[C@@H]6O[C@H](CO)[C@@H](O[C@@H]7O[C@H](CO)[C@@H](O)[C@H](O)[C@H]7N)[C@H](O)[C@H]6N)[C@H](O)[C@H]5N)[C@H](O)[C@H]4N)[C@H](O)[C@H]3N)[C@H](O)[C@H]2N)[C@@H]1O. The molecule has 632 valence electrons. The van der Waals surface area contributed by atoms with E-state index in [1.165, 1.54) is 0 Å². The molecule has 1 amide bonds. The largest absolute Gasteiger partial charge is 0.453 e. The van der Waals surface area contributed by atoms with Gasteiger partial charge in [0.2, 0.25) is 0 Å². The molecule has 9 aliphatic rings. The number of carbonyl (C=O) groups is 1. The van der Waals surface area contributed by atoms with Crippen LogP contribution in [0, 0.1) is 0 Å². The fraction of sp³-hybridized carbons (Fsp3) is 0.983. The van der Waals surface area contributed by atoms with Crippen molar-refractivity contribution in [2.24, 2.45) is 45.9 Å². The topological polar surface area (TPSA) is 828 Å². The molecule has 0 aromatic carbocycles. The highest BCUT2D eigenvalue weighted by molar-refractivity contribution is 5.67. The average Bonchev–Trinajstić information content (AvgIpc) is 0.773. The molecule has 0 aromatic rings. The molecule has 0 saturated carbocycles. The average molecular weight is 1590 g/mol. The zero-order valence-electron chi connectivity index (χ0n) is 58.7. The van der Waals surface area contributed by atoms with Gasteiger partial charge in [0.1, 0.15) is 171 Å². The van der Waals surface area contributed by atoms with Crippen LogP contribution in [0.15, 0.2) is 0 Å². The standard InChI is InChI=1S/C56H103N9O39.C3H8O/c1-87-56(86)65-28-38(84)46(19(10-74)96-55(28)104-45-18(9-73)95-49(27(64)37(45)83)97-39-12(3-67)88-47(85)20(57)31(39)77)103-54-26(63)36(82)44(17(8-72)94-54)102-53-25(62)35(81)43(16(7-71)93-53)101-52-24(61)34(80)42(15(6-70)92-52)100-51-23(60)33(79)41(14(5-69)91-51)99-50-22(59)32(78)40(13(4-68)90-50)98-48-21(58)30(76)29(75)11(2-66)89-48;1-3(2)4/h11-55,66-85H,2-10,57-64H2,1H3,(H,65,86);3-4H,1-2H3/t11-,12-,13-,14-,15-,16-,17-,18-,19-,20-,21-,22-,23-,24-,25-,26-,27-,28-,29-,30-,31-,32-,33-,34-,35-,36-,37-,38-,39-,40-,41-,42-,43-,44-,45-,46-,47-,48+,49+,50+,51+,52+,53+,54+,55+;/m1./s1. The summed E-state index contributed by atoms with van der Waals surface area (Å²) in [6.07, 6.45) is -62.8. The van der Waals surface area contributed by atoms with Crippen molar-refractivity contribution in [1.82, 2.24) is 5.32 Å². The molecule has 0 unspecified atom stereocenters. The number of hydrogen-bond donors (Lipinski definition) is 30. The van der Waals surface area contributed by atoms with Crippen LogP contribution < -0.4 is 51.2 Å². The minimum atomic E-state index is -2.04. The van der Waals surface area contributed by atoms with Crippen LogP contribution in [0.25, 0.3) is 0 Å². The number of amides is 1. The summed E-state index contributed by atoms with van der Waals surface area (Å²) in [7, 11) is 0.957. The second kappa shape index (κ2) is 40.3. The van der Waals surface area contributed by atoms with E-state index in [2.05, 4.69) is 5.32 Å². The van der Waals surface area contributed by atoms with Crippen molar-refractivity contribution in [3.63, 3.8) is 0 Å². The van der Waals surface area contributed by atoms with E-state index < -0.39 is 341 Å². The molecule has 108 heavy (non-hydrogen) atoms. The van der Waals surface area contributed by atoms with Crippen LogP contribution in [0.2, 0.25) is 0 Å². The molecule has 49 nitrogen and oxygen atoms in total. The van der Waals surface area contributed by atoms with Crippen LogP contribution in [0.1, 0.15) is 13.8 Å². The first-order valence-corrected chi connectivity index (χ1v) is 34.8. The van der Waals surface area contributed by atoms with Crippen molar-refractivity contribution in [2.45, 2.75) is 296 Å². The summed E-state index contributed by atoms with van der Waals surface area (Å²) in [5, 5.41) is 227. The maximum absolute atomic E-state index is 12.8. The van der Waals surface area contributed by atoms with Gasteiger partial charge in [-0.15, -0.1) is 0 Å². The van der Waals surface area contributed by atoms with E-state index in [1.54, 1.807) is 13.8 Å². The molecule has 9 aliphatic heterocycles. The molecule has 45 atom stereocenters. The molecule has 0 bridgehead atoms. The number of nitrogens with one attached hydrogen (secondary N) is 1. The van der Waals surface area contributed by atoms with Gasteiger partial charge in [0.05, 0.1) is 115 Å². The van der Waals surface area contributed by atoms with Crippen LogP contribution in [-0.4, -0.2) is 462 Å². The highest BCUT2D eigenvalue weighted by atomic mass is 16.8. The Kier molecular flexibility index (Phi) is 34.0. The molecule has 0 aromatic heterocycles. The first kappa shape index (κ1) is 91.0. The Hall–Kier alpha value is -2.57. The van der Waals surface area contributed by atoms with Crippen LogP contribution in [0.3, 0.4) is 0 Å².